The quantitative estimate of drug-likeness (QED) is 0.467. The lowest BCUT2D eigenvalue weighted by atomic mass is 10.1. The lowest BCUT2D eigenvalue weighted by molar-refractivity contribution is -0.763. The summed E-state index contributed by atoms with van der Waals surface area (Å²) in [6.45, 7) is 5.21. The van der Waals surface area contributed by atoms with Gasteiger partial charge in [-0.05, 0) is 38.5 Å². The zero-order valence-corrected chi connectivity index (χ0v) is 10.5. The zero-order valence-electron chi connectivity index (χ0n) is 10.5. The molecule has 0 aliphatic heterocycles. The molecule has 18 heavy (non-hydrogen) atoms. The SMILES string of the molecule is CC(C)(C)OC(=O)c1ccc(CO[N+](=O)[O-])cc1. The molecule has 6 nitrogen and oxygen atoms in total. The summed E-state index contributed by atoms with van der Waals surface area (Å²) in [5.41, 5.74) is 0.457. The molecule has 0 aliphatic carbocycles. The molecule has 0 fully saturated rings. The number of benzene rings is 1. The summed E-state index contributed by atoms with van der Waals surface area (Å²) >= 11 is 0. The van der Waals surface area contributed by atoms with Gasteiger partial charge in [-0.25, -0.2) is 4.79 Å². The second-order valence-corrected chi connectivity index (χ2v) is 4.70. The van der Waals surface area contributed by atoms with Crippen molar-refractivity contribution in [1.29, 1.82) is 0 Å². The van der Waals surface area contributed by atoms with Crippen LogP contribution in [-0.4, -0.2) is 16.7 Å². The second-order valence-electron chi connectivity index (χ2n) is 4.70. The Morgan fingerprint density at radius 3 is 2.28 bits per heavy atom. The Hall–Kier alpha value is -2.11. The van der Waals surface area contributed by atoms with Gasteiger partial charge >= 0.3 is 5.97 Å². The van der Waals surface area contributed by atoms with Gasteiger partial charge < -0.3 is 9.57 Å². The predicted octanol–water partition coefficient (Wildman–Crippen LogP) is 2.35. The van der Waals surface area contributed by atoms with Crippen LogP contribution < -0.4 is 0 Å². The largest absolute Gasteiger partial charge is 0.456 e. The van der Waals surface area contributed by atoms with Crippen molar-refractivity contribution in [1.82, 2.24) is 0 Å². The fourth-order valence-electron chi connectivity index (χ4n) is 1.20. The molecule has 0 unspecified atom stereocenters. The van der Waals surface area contributed by atoms with Crippen molar-refractivity contribution in [3.05, 3.63) is 45.5 Å². The monoisotopic (exact) mass is 253 g/mol. The van der Waals surface area contributed by atoms with Crippen molar-refractivity contribution in [2.24, 2.45) is 0 Å². The number of esters is 1. The Labute approximate surface area is 105 Å². The van der Waals surface area contributed by atoms with E-state index < -0.39 is 16.7 Å². The van der Waals surface area contributed by atoms with E-state index in [2.05, 4.69) is 4.84 Å². The molecule has 0 N–H and O–H groups in total. The molecule has 98 valence electrons. The van der Waals surface area contributed by atoms with Gasteiger partial charge in [0.2, 0.25) is 0 Å². The highest BCUT2D eigenvalue weighted by Gasteiger charge is 2.17. The smallest absolute Gasteiger partial charge is 0.338 e. The van der Waals surface area contributed by atoms with Crippen LogP contribution in [0.4, 0.5) is 0 Å². The highest BCUT2D eigenvalue weighted by molar-refractivity contribution is 5.89. The number of ether oxygens (including phenoxy) is 1. The van der Waals surface area contributed by atoms with Crippen molar-refractivity contribution < 1.29 is 19.5 Å². The summed E-state index contributed by atoms with van der Waals surface area (Å²) < 4.78 is 5.18. The first kappa shape index (κ1) is 14.0. The molecule has 1 rings (SSSR count). The van der Waals surface area contributed by atoms with E-state index in [1.54, 1.807) is 45.0 Å². The van der Waals surface area contributed by atoms with E-state index in [0.717, 1.165) is 0 Å². The van der Waals surface area contributed by atoms with Crippen LogP contribution in [-0.2, 0) is 16.2 Å². The molecule has 0 saturated heterocycles. The maximum atomic E-state index is 11.7. The zero-order chi connectivity index (χ0) is 13.8. The Kier molecular flexibility index (Phi) is 4.25. The predicted molar refractivity (Wildman–Crippen MR) is 63.4 cm³/mol. The normalized spacial score (nSPS) is 10.8. The second kappa shape index (κ2) is 5.48. The molecule has 1 aromatic rings. The van der Waals surface area contributed by atoms with E-state index in [9.17, 15) is 14.9 Å². The van der Waals surface area contributed by atoms with Crippen molar-refractivity contribution in [3.8, 4) is 0 Å². The number of rotatable bonds is 4. The van der Waals surface area contributed by atoms with E-state index in [1.807, 2.05) is 0 Å². The number of carbonyl (C=O) groups excluding carboxylic acids is 1. The average molecular weight is 253 g/mol. The molecule has 0 radical (unpaired) electrons. The van der Waals surface area contributed by atoms with Crippen molar-refractivity contribution in [2.45, 2.75) is 33.0 Å². The minimum atomic E-state index is -0.859. The van der Waals surface area contributed by atoms with Crippen molar-refractivity contribution >= 4 is 5.97 Å². The summed E-state index contributed by atoms with van der Waals surface area (Å²) in [5, 5.41) is 9.15. The number of hydrogen-bond donors (Lipinski definition) is 0. The first-order valence-electron chi connectivity index (χ1n) is 5.37. The maximum Gasteiger partial charge on any atom is 0.338 e. The molecule has 1 aromatic carbocycles. The third kappa shape index (κ3) is 4.82. The molecule has 6 heteroatoms. The van der Waals surface area contributed by atoms with Gasteiger partial charge in [-0.3, -0.25) is 0 Å². The first-order valence-corrected chi connectivity index (χ1v) is 5.37. The molecular formula is C12H15NO5. The number of hydrogen-bond acceptors (Lipinski definition) is 5. The van der Waals surface area contributed by atoms with E-state index in [0.29, 0.717) is 11.1 Å². The van der Waals surface area contributed by atoms with Crippen LogP contribution in [0.1, 0.15) is 36.7 Å². The topological polar surface area (TPSA) is 78.7 Å². The van der Waals surface area contributed by atoms with Crippen molar-refractivity contribution in [3.63, 3.8) is 0 Å². The highest BCUT2D eigenvalue weighted by atomic mass is 16.9. The Morgan fingerprint density at radius 1 is 1.28 bits per heavy atom. The van der Waals surface area contributed by atoms with Crippen LogP contribution in [0.2, 0.25) is 0 Å². The van der Waals surface area contributed by atoms with E-state index in [-0.39, 0.29) is 6.61 Å². The van der Waals surface area contributed by atoms with Crippen LogP contribution in [0.25, 0.3) is 0 Å². The van der Waals surface area contributed by atoms with Crippen molar-refractivity contribution in [2.75, 3.05) is 0 Å². The lowest BCUT2D eigenvalue weighted by Gasteiger charge is -2.19. The summed E-state index contributed by atoms with van der Waals surface area (Å²) in [7, 11) is 0. The van der Waals surface area contributed by atoms with Gasteiger partial charge in [0.25, 0.3) is 5.09 Å². The lowest BCUT2D eigenvalue weighted by Crippen LogP contribution is -2.23. The van der Waals surface area contributed by atoms with Gasteiger partial charge in [0, 0.05) is 0 Å². The van der Waals surface area contributed by atoms with Crippen LogP contribution in [0.5, 0.6) is 0 Å². The molecule has 0 amide bonds. The number of nitrogens with zero attached hydrogens (tertiary/aromatic N) is 1. The molecule has 0 atom stereocenters. The van der Waals surface area contributed by atoms with Gasteiger partial charge in [0.1, 0.15) is 12.2 Å². The molecule has 0 bridgehead atoms. The molecule has 0 heterocycles. The molecular weight excluding hydrogens is 238 g/mol. The van der Waals surface area contributed by atoms with Crippen LogP contribution in [0.15, 0.2) is 24.3 Å². The first-order chi connectivity index (χ1) is 8.28. The average Bonchev–Trinajstić information content (AvgIpc) is 2.24. The highest BCUT2D eigenvalue weighted by Crippen LogP contribution is 2.13. The van der Waals surface area contributed by atoms with E-state index in [1.165, 1.54) is 0 Å². The van der Waals surface area contributed by atoms with Gasteiger partial charge in [-0.2, -0.15) is 0 Å². The molecule has 0 saturated carbocycles. The molecule has 0 aliphatic rings. The summed E-state index contributed by atoms with van der Waals surface area (Å²) in [5.74, 6) is -0.427. The summed E-state index contributed by atoms with van der Waals surface area (Å²) in [6.07, 6.45) is 0. The molecule has 0 spiro atoms. The third-order valence-corrected chi connectivity index (χ3v) is 1.93. The van der Waals surface area contributed by atoms with Gasteiger partial charge in [-0.15, -0.1) is 10.1 Å². The van der Waals surface area contributed by atoms with Gasteiger partial charge in [-0.1, -0.05) is 12.1 Å². The summed E-state index contributed by atoms with van der Waals surface area (Å²) in [4.78, 5) is 25.9. The van der Waals surface area contributed by atoms with Crippen LogP contribution in [0, 0.1) is 10.1 Å². The van der Waals surface area contributed by atoms with E-state index in [4.69, 9.17) is 4.74 Å². The van der Waals surface area contributed by atoms with Gasteiger partial charge in [0.05, 0.1) is 5.56 Å². The fraction of sp³-hybridized carbons (Fsp3) is 0.417. The third-order valence-electron chi connectivity index (χ3n) is 1.93. The van der Waals surface area contributed by atoms with Crippen LogP contribution >= 0.6 is 0 Å². The summed E-state index contributed by atoms with van der Waals surface area (Å²) in [6, 6.07) is 6.27. The minimum Gasteiger partial charge on any atom is -0.456 e. The minimum absolute atomic E-state index is 0.137. The fourth-order valence-corrected chi connectivity index (χ4v) is 1.20. The van der Waals surface area contributed by atoms with Gasteiger partial charge in [0.15, 0.2) is 0 Å². The number of carbonyl (C=O) groups is 1. The van der Waals surface area contributed by atoms with Crippen LogP contribution in [0.3, 0.4) is 0 Å². The Morgan fingerprint density at radius 2 is 1.83 bits per heavy atom. The van der Waals surface area contributed by atoms with E-state index >= 15 is 0 Å². The Bertz CT molecular complexity index is 433. The standard InChI is InChI=1S/C12H15NO5/c1-12(2,3)18-11(14)10-6-4-9(5-7-10)8-17-13(15)16/h4-7H,8H2,1-3H3. The molecule has 0 aromatic heterocycles. The maximum absolute atomic E-state index is 11.7. The Balaban J connectivity index is 2.65.